The van der Waals surface area contributed by atoms with Crippen molar-refractivity contribution in [3.63, 3.8) is 0 Å². The molecule has 0 atom stereocenters. The van der Waals surface area contributed by atoms with E-state index in [2.05, 4.69) is 0 Å². The monoisotopic (exact) mass is 307 g/mol. The summed E-state index contributed by atoms with van der Waals surface area (Å²) in [5.74, 6) is -3.56. The highest BCUT2D eigenvalue weighted by molar-refractivity contribution is 7.89. The largest absolute Gasteiger partial charge is 0.480 e. The van der Waals surface area contributed by atoms with Crippen LogP contribution in [-0.4, -0.2) is 36.9 Å². The van der Waals surface area contributed by atoms with Crippen LogP contribution < -0.4 is 0 Å². The first kappa shape index (κ1) is 16.5. The maximum atomic E-state index is 13.1. The van der Waals surface area contributed by atoms with Gasteiger partial charge in [0.2, 0.25) is 10.0 Å². The summed E-state index contributed by atoms with van der Waals surface area (Å²) in [5.41, 5.74) is 0. The van der Waals surface area contributed by atoms with E-state index in [9.17, 15) is 22.0 Å². The third kappa shape index (κ3) is 4.24. The third-order valence-electron chi connectivity index (χ3n) is 2.35. The van der Waals surface area contributed by atoms with Gasteiger partial charge in [0.1, 0.15) is 18.2 Å². The fourth-order valence-electron chi connectivity index (χ4n) is 1.63. The lowest BCUT2D eigenvalue weighted by molar-refractivity contribution is -0.137. The number of carboxylic acids is 1. The number of halogens is 2. The minimum absolute atomic E-state index is 0.0627. The Morgan fingerprint density at radius 1 is 1.25 bits per heavy atom. The van der Waals surface area contributed by atoms with Crippen LogP contribution in [0.3, 0.4) is 0 Å². The zero-order valence-electron chi connectivity index (χ0n) is 11.0. The molecule has 0 radical (unpaired) electrons. The van der Waals surface area contributed by atoms with E-state index in [0.29, 0.717) is 22.5 Å². The first-order valence-electron chi connectivity index (χ1n) is 5.81. The predicted molar refractivity (Wildman–Crippen MR) is 67.6 cm³/mol. The van der Waals surface area contributed by atoms with Gasteiger partial charge in [0.25, 0.3) is 0 Å². The Labute approximate surface area is 115 Å². The quantitative estimate of drug-likeness (QED) is 0.868. The van der Waals surface area contributed by atoms with E-state index in [0.717, 1.165) is 0 Å². The van der Waals surface area contributed by atoms with Crippen LogP contribution in [0.5, 0.6) is 0 Å². The van der Waals surface area contributed by atoms with Crippen molar-refractivity contribution in [2.45, 2.75) is 18.7 Å². The summed E-state index contributed by atoms with van der Waals surface area (Å²) in [5, 5.41) is 8.76. The molecule has 0 fully saturated rings. The molecule has 0 saturated heterocycles. The number of nitrogens with zero attached hydrogens (tertiary/aromatic N) is 1. The van der Waals surface area contributed by atoms with Gasteiger partial charge in [-0.3, -0.25) is 4.79 Å². The van der Waals surface area contributed by atoms with Gasteiger partial charge in [-0.25, -0.2) is 17.2 Å². The Morgan fingerprint density at radius 2 is 1.75 bits per heavy atom. The van der Waals surface area contributed by atoms with Gasteiger partial charge in [0, 0.05) is 12.6 Å². The number of benzene rings is 1. The molecule has 0 aliphatic carbocycles. The van der Waals surface area contributed by atoms with Crippen LogP contribution in [0.4, 0.5) is 8.78 Å². The van der Waals surface area contributed by atoms with E-state index in [1.807, 2.05) is 0 Å². The molecule has 0 unspecified atom stereocenters. The first-order valence-corrected chi connectivity index (χ1v) is 7.25. The van der Waals surface area contributed by atoms with Gasteiger partial charge in [-0.2, -0.15) is 4.31 Å². The summed E-state index contributed by atoms with van der Waals surface area (Å²) >= 11 is 0. The Balaban J connectivity index is 3.24. The SMILES string of the molecule is CC(C)CN(CC(=O)O)S(=O)(=O)c1cc(F)cc(F)c1. The summed E-state index contributed by atoms with van der Waals surface area (Å²) in [7, 11) is -4.26. The smallest absolute Gasteiger partial charge is 0.318 e. The van der Waals surface area contributed by atoms with Crippen LogP contribution in [0.1, 0.15) is 13.8 Å². The van der Waals surface area contributed by atoms with E-state index in [4.69, 9.17) is 5.11 Å². The van der Waals surface area contributed by atoms with Crippen LogP contribution in [0.2, 0.25) is 0 Å². The fraction of sp³-hybridized carbons (Fsp3) is 0.417. The van der Waals surface area contributed by atoms with Gasteiger partial charge < -0.3 is 5.11 Å². The lowest BCUT2D eigenvalue weighted by atomic mass is 10.2. The van der Waals surface area contributed by atoms with Crippen molar-refractivity contribution in [3.8, 4) is 0 Å². The third-order valence-corrected chi connectivity index (χ3v) is 4.14. The number of carboxylic acid groups (broad SMARTS) is 1. The highest BCUT2D eigenvalue weighted by atomic mass is 32.2. The molecule has 5 nitrogen and oxygen atoms in total. The molecule has 1 N–H and O–H groups in total. The molecule has 0 spiro atoms. The zero-order chi connectivity index (χ0) is 15.5. The highest BCUT2D eigenvalue weighted by Gasteiger charge is 2.28. The molecule has 0 heterocycles. The van der Waals surface area contributed by atoms with Crippen molar-refractivity contribution in [1.82, 2.24) is 4.31 Å². The van der Waals surface area contributed by atoms with Gasteiger partial charge in [0.05, 0.1) is 4.90 Å². The van der Waals surface area contributed by atoms with E-state index >= 15 is 0 Å². The molecule has 0 bridgehead atoms. The standard InChI is InChI=1S/C12H15F2NO4S/c1-8(2)6-15(7-12(16)17)20(18,19)11-4-9(13)3-10(14)5-11/h3-5,8H,6-7H2,1-2H3,(H,16,17). The molecule has 0 saturated carbocycles. The predicted octanol–water partition coefficient (Wildman–Crippen LogP) is 1.70. The van der Waals surface area contributed by atoms with Crippen molar-refractivity contribution in [2.24, 2.45) is 5.92 Å². The summed E-state index contributed by atoms with van der Waals surface area (Å²) in [6, 6.07) is 1.87. The summed E-state index contributed by atoms with van der Waals surface area (Å²) in [4.78, 5) is 10.1. The van der Waals surface area contributed by atoms with Crippen LogP contribution in [-0.2, 0) is 14.8 Å². The lowest BCUT2D eigenvalue weighted by Gasteiger charge is -2.22. The minimum Gasteiger partial charge on any atom is -0.480 e. The van der Waals surface area contributed by atoms with E-state index in [1.165, 1.54) is 0 Å². The molecule has 112 valence electrons. The van der Waals surface area contributed by atoms with E-state index in [1.54, 1.807) is 13.8 Å². The molecule has 8 heteroatoms. The minimum atomic E-state index is -4.26. The van der Waals surface area contributed by atoms with Crippen molar-refractivity contribution in [1.29, 1.82) is 0 Å². The molecule has 0 aliphatic heterocycles. The summed E-state index contributed by atoms with van der Waals surface area (Å²) in [6.07, 6.45) is 0. The van der Waals surface area contributed by atoms with Crippen LogP contribution >= 0.6 is 0 Å². The van der Waals surface area contributed by atoms with Gasteiger partial charge >= 0.3 is 5.97 Å². The Kier molecular flexibility index (Phi) is 5.18. The molecule has 20 heavy (non-hydrogen) atoms. The topological polar surface area (TPSA) is 74.7 Å². The molecule has 1 aromatic rings. The number of rotatable bonds is 6. The molecule has 1 aromatic carbocycles. The molecule has 0 amide bonds. The number of hydrogen-bond acceptors (Lipinski definition) is 3. The van der Waals surface area contributed by atoms with E-state index in [-0.39, 0.29) is 12.5 Å². The van der Waals surface area contributed by atoms with Gasteiger partial charge in [-0.05, 0) is 18.1 Å². The van der Waals surface area contributed by atoms with Gasteiger partial charge in [-0.15, -0.1) is 0 Å². The molecular formula is C12H15F2NO4S. The summed E-state index contributed by atoms with van der Waals surface area (Å²) in [6.45, 7) is 2.58. The van der Waals surface area contributed by atoms with Crippen molar-refractivity contribution in [3.05, 3.63) is 29.8 Å². The number of sulfonamides is 1. The van der Waals surface area contributed by atoms with E-state index < -0.39 is 39.1 Å². The Bertz CT molecular complexity index is 581. The second-order valence-electron chi connectivity index (χ2n) is 4.69. The van der Waals surface area contributed by atoms with Crippen molar-refractivity contribution in [2.75, 3.05) is 13.1 Å². The van der Waals surface area contributed by atoms with Crippen LogP contribution in [0, 0.1) is 17.6 Å². The van der Waals surface area contributed by atoms with Crippen LogP contribution in [0.25, 0.3) is 0 Å². The summed E-state index contributed by atoms with van der Waals surface area (Å²) < 4.78 is 51.4. The molecule has 1 rings (SSSR count). The Hall–Kier alpha value is -1.54. The fourth-order valence-corrected chi connectivity index (χ4v) is 3.23. The second kappa shape index (κ2) is 6.27. The first-order chi connectivity index (χ1) is 9.12. The second-order valence-corrected chi connectivity index (χ2v) is 6.63. The average molecular weight is 307 g/mol. The number of aliphatic carboxylic acids is 1. The zero-order valence-corrected chi connectivity index (χ0v) is 11.8. The number of hydrogen-bond donors (Lipinski definition) is 1. The molecular weight excluding hydrogens is 292 g/mol. The van der Waals surface area contributed by atoms with Gasteiger partial charge in [-0.1, -0.05) is 13.8 Å². The maximum Gasteiger partial charge on any atom is 0.318 e. The van der Waals surface area contributed by atoms with Crippen LogP contribution in [0.15, 0.2) is 23.1 Å². The average Bonchev–Trinajstić information content (AvgIpc) is 2.25. The Morgan fingerprint density at radius 3 is 2.15 bits per heavy atom. The highest BCUT2D eigenvalue weighted by Crippen LogP contribution is 2.19. The molecule has 0 aromatic heterocycles. The lowest BCUT2D eigenvalue weighted by Crippen LogP contribution is -2.38. The van der Waals surface area contributed by atoms with Crippen molar-refractivity contribution < 1.29 is 27.1 Å². The normalized spacial score (nSPS) is 12.1. The maximum absolute atomic E-state index is 13.1. The van der Waals surface area contributed by atoms with Gasteiger partial charge in [0.15, 0.2) is 0 Å². The number of carbonyl (C=O) groups is 1. The van der Waals surface area contributed by atoms with Crippen molar-refractivity contribution >= 4 is 16.0 Å². The molecule has 0 aliphatic rings.